The van der Waals surface area contributed by atoms with Gasteiger partial charge >= 0.3 is 0 Å². The molecule has 3 rings (SSSR count). The summed E-state index contributed by atoms with van der Waals surface area (Å²) in [6, 6.07) is 8.05. The smallest absolute Gasteiger partial charge is 0.160 e. The van der Waals surface area contributed by atoms with Crippen LogP contribution in [0.2, 0.25) is 0 Å². The summed E-state index contributed by atoms with van der Waals surface area (Å²) < 4.78 is 10.7. The number of aromatic nitrogens is 2. The molecule has 1 aliphatic rings. The molecule has 0 spiro atoms. The molecule has 23 heavy (non-hydrogen) atoms. The maximum absolute atomic E-state index is 5.39. The van der Waals surface area contributed by atoms with Crippen molar-refractivity contribution in [2.45, 2.75) is 19.4 Å². The lowest BCUT2D eigenvalue weighted by atomic mass is 9.98. The van der Waals surface area contributed by atoms with E-state index in [4.69, 9.17) is 9.47 Å². The minimum Gasteiger partial charge on any atom is -0.493 e. The van der Waals surface area contributed by atoms with Crippen LogP contribution in [0.25, 0.3) is 0 Å². The molecule has 2 aromatic rings. The first-order valence-corrected chi connectivity index (χ1v) is 7.97. The Hall–Kier alpha value is -2.14. The van der Waals surface area contributed by atoms with Crippen LogP contribution in [0.4, 0.5) is 0 Å². The molecular weight excluding hydrogens is 290 g/mol. The van der Waals surface area contributed by atoms with E-state index in [0.717, 1.165) is 43.4 Å². The van der Waals surface area contributed by atoms with Gasteiger partial charge in [0, 0.05) is 18.9 Å². The zero-order valence-corrected chi connectivity index (χ0v) is 13.7. The Morgan fingerprint density at radius 3 is 2.65 bits per heavy atom. The number of benzene rings is 1. The van der Waals surface area contributed by atoms with Gasteiger partial charge in [0.1, 0.15) is 5.82 Å². The van der Waals surface area contributed by atoms with Crippen LogP contribution in [0.5, 0.6) is 11.5 Å². The quantitative estimate of drug-likeness (QED) is 0.820. The summed E-state index contributed by atoms with van der Waals surface area (Å²) in [4.78, 5) is 11.1. The van der Waals surface area contributed by atoms with E-state index < -0.39 is 0 Å². The van der Waals surface area contributed by atoms with E-state index in [9.17, 15) is 0 Å². The first-order valence-electron chi connectivity index (χ1n) is 7.97. The van der Waals surface area contributed by atoms with Crippen molar-refractivity contribution in [1.82, 2.24) is 14.9 Å². The third kappa shape index (κ3) is 3.99. The molecular formula is C18H23N3O2. The van der Waals surface area contributed by atoms with Gasteiger partial charge in [-0.25, -0.2) is 9.97 Å². The van der Waals surface area contributed by atoms with Crippen molar-refractivity contribution >= 4 is 0 Å². The first kappa shape index (κ1) is 15.7. The second kappa shape index (κ2) is 7.42. The topological polar surface area (TPSA) is 47.5 Å². The molecule has 1 aromatic carbocycles. The van der Waals surface area contributed by atoms with Gasteiger partial charge in [-0.3, -0.25) is 4.90 Å². The summed E-state index contributed by atoms with van der Waals surface area (Å²) in [5.41, 5.74) is 1.30. The van der Waals surface area contributed by atoms with Crippen LogP contribution in [-0.2, 0) is 13.0 Å². The SMILES string of the molecule is COc1ccc(CC2CCN(Cc3ncccn3)C2)cc1OC. The van der Waals surface area contributed by atoms with E-state index in [1.54, 1.807) is 26.6 Å². The molecule has 122 valence electrons. The predicted octanol–water partition coefficient (Wildman–Crippen LogP) is 2.56. The average Bonchev–Trinajstić information content (AvgIpc) is 3.02. The summed E-state index contributed by atoms with van der Waals surface area (Å²) in [5.74, 6) is 3.15. The Balaban J connectivity index is 1.57. The normalized spacial score (nSPS) is 18.1. The maximum Gasteiger partial charge on any atom is 0.160 e. The molecule has 1 aromatic heterocycles. The molecule has 0 bridgehead atoms. The van der Waals surface area contributed by atoms with Gasteiger partial charge in [-0.15, -0.1) is 0 Å². The van der Waals surface area contributed by atoms with Crippen LogP contribution >= 0.6 is 0 Å². The second-order valence-corrected chi connectivity index (χ2v) is 5.95. The van der Waals surface area contributed by atoms with E-state index in [1.807, 2.05) is 12.1 Å². The molecule has 1 atom stereocenters. The maximum atomic E-state index is 5.39. The zero-order valence-electron chi connectivity index (χ0n) is 13.7. The van der Waals surface area contributed by atoms with Crippen LogP contribution in [-0.4, -0.2) is 42.2 Å². The number of nitrogens with zero attached hydrogens (tertiary/aromatic N) is 3. The van der Waals surface area contributed by atoms with Gasteiger partial charge in [-0.1, -0.05) is 6.07 Å². The van der Waals surface area contributed by atoms with E-state index in [2.05, 4.69) is 27.0 Å². The van der Waals surface area contributed by atoms with Crippen LogP contribution < -0.4 is 9.47 Å². The predicted molar refractivity (Wildman–Crippen MR) is 88.7 cm³/mol. The van der Waals surface area contributed by atoms with Crippen LogP contribution in [0.3, 0.4) is 0 Å². The Bertz CT molecular complexity index is 633. The summed E-state index contributed by atoms with van der Waals surface area (Å²) in [6.45, 7) is 3.03. The van der Waals surface area contributed by atoms with E-state index in [0.29, 0.717) is 5.92 Å². The Morgan fingerprint density at radius 2 is 1.91 bits per heavy atom. The molecule has 1 aliphatic heterocycles. The van der Waals surface area contributed by atoms with Gasteiger partial charge < -0.3 is 9.47 Å². The van der Waals surface area contributed by atoms with Gasteiger partial charge in [0.15, 0.2) is 11.5 Å². The van der Waals surface area contributed by atoms with Crippen molar-refractivity contribution < 1.29 is 9.47 Å². The van der Waals surface area contributed by atoms with Gasteiger partial charge in [-0.2, -0.15) is 0 Å². The van der Waals surface area contributed by atoms with Crippen molar-refractivity contribution in [2.24, 2.45) is 5.92 Å². The third-order valence-corrected chi connectivity index (χ3v) is 4.33. The standard InChI is InChI=1S/C18H23N3O2/c1-22-16-5-4-14(11-17(16)23-2)10-15-6-9-21(12-15)13-18-19-7-3-8-20-18/h3-5,7-8,11,15H,6,9-10,12-13H2,1-2H3. The minimum absolute atomic E-state index is 0.664. The van der Waals surface area contributed by atoms with Crippen molar-refractivity contribution in [2.75, 3.05) is 27.3 Å². The largest absolute Gasteiger partial charge is 0.493 e. The fourth-order valence-corrected chi connectivity index (χ4v) is 3.18. The molecule has 1 fully saturated rings. The highest BCUT2D eigenvalue weighted by Gasteiger charge is 2.23. The van der Waals surface area contributed by atoms with Crippen LogP contribution in [0.15, 0.2) is 36.7 Å². The fourth-order valence-electron chi connectivity index (χ4n) is 3.18. The number of hydrogen-bond donors (Lipinski definition) is 0. The Morgan fingerprint density at radius 1 is 1.13 bits per heavy atom. The van der Waals surface area contributed by atoms with Crippen molar-refractivity contribution in [1.29, 1.82) is 0 Å². The lowest BCUT2D eigenvalue weighted by Gasteiger charge is -2.15. The van der Waals surface area contributed by atoms with E-state index in [-0.39, 0.29) is 0 Å². The molecule has 1 saturated heterocycles. The van der Waals surface area contributed by atoms with E-state index in [1.165, 1.54) is 12.0 Å². The summed E-state index contributed by atoms with van der Waals surface area (Å²) in [5, 5.41) is 0. The average molecular weight is 313 g/mol. The molecule has 1 unspecified atom stereocenters. The van der Waals surface area contributed by atoms with Crippen molar-refractivity contribution in [3.05, 3.63) is 48.0 Å². The monoisotopic (exact) mass is 313 g/mol. The lowest BCUT2D eigenvalue weighted by Crippen LogP contribution is -2.21. The van der Waals surface area contributed by atoms with E-state index >= 15 is 0 Å². The van der Waals surface area contributed by atoms with Gasteiger partial charge in [-0.05, 0) is 49.1 Å². The second-order valence-electron chi connectivity index (χ2n) is 5.95. The Kier molecular flexibility index (Phi) is 5.08. The number of hydrogen-bond acceptors (Lipinski definition) is 5. The number of likely N-dealkylation sites (tertiary alicyclic amines) is 1. The summed E-state index contributed by atoms with van der Waals surface area (Å²) in [7, 11) is 3.34. The minimum atomic E-state index is 0.664. The highest BCUT2D eigenvalue weighted by atomic mass is 16.5. The van der Waals surface area contributed by atoms with Crippen LogP contribution in [0.1, 0.15) is 17.8 Å². The van der Waals surface area contributed by atoms with Crippen molar-refractivity contribution in [3.63, 3.8) is 0 Å². The molecule has 0 radical (unpaired) electrons. The molecule has 5 heteroatoms. The van der Waals surface area contributed by atoms with Crippen LogP contribution in [0, 0.1) is 5.92 Å². The lowest BCUT2D eigenvalue weighted by molar-refractivity contribution is 0.308. The van der Waals surface area contributed by atoms with Gasteiger partial charge in [0.25, 0.3) is 0 Å². The number of ether oxygens (including phenoxy) is 2. The number of rotatable bonds is 6. The molecule has 0 aliphatic carbocycles. The third-order valence-electron chi connectivity index (χ3n) is 4.33. The summed E-state index contributed by atoms with van der Waals surface area (Å²) >= 11 is 0. The highest BCUT2D eigenvalue weighted by molar-refractivity contribution is 5.43. The van der Waals surface area contributed by atoms with Crippen molar-refractivity contribution in [3.8, 4) is 11.5 Å². The Labute approximate surface area is 137 Å². The first-order chi connectivity index (χ1) is 11.3. The fraction of sp³-hybridized carbons (Fsp3) is 0.444. The van der Waals surface area contributed by atoms with Gasteiger partial charge in [0.2, 0.25) is 0 Å². The van der Waals surface area contributed by atoms with Gasteiger partial charge in [0.05, 0.1) is 20.8 Å². The summed E-state index contributed by atoms with van der Waals surface area (Å²) in [6.07, 6.45) is 5.88. The molecule has 2 heterocycles. The molecule has 5 nitrogen and oxygen atoms in total. The zero-order chi connectivity index (χ0) is 16.1. The highest BCUT2D eigenvalue weighted by Crippen LogP contribution is 2.30. The molecule has 0 N–H and O–H groups in total. The molecule has 0 saturated carbocycles. The number of methoxy groups -OCH3 is 2. The molecule has 0 amide bonds.